The van der Waals surface area contributed by atoms with Crippen LogP contribution in [-0.4, -0.2) is 21.9 Å². The highest BCUT2D eigenvalue weighted by molar-refractivity contribution is 5.91. The van der Waals surface area contributed by atoms with Crippen LogP contribution in [0.15, 0.2) is 18.2 Å². The minimum absolute atomic E-state index is 0.130. The van der Waals surface area contributed by atoms with E-state index in [-0.39, 0.29) is 11.7 Å². The van der Waals surface area contributed by atoms with Crippen molar-refractivity contribution in [1.82, 2.24) is 0 Å². The van der Waals surface area contributed by atoms with Crippen molar-refractivity contribution in [3.8, 4) is 0 Å². The molecule has 8 nitrogen and oxygen atoms in total. The number of carbonyl (C=O) groups is 1. The Morgan fingerprint density at radius 3 is 1.80 bits per heavy atom. The Bertz CT molecular complexity index is 701. The number of hydrogen-bond acceptors (Lipinski definition) is 6. The van der Waals surface area contributed by atoms with Gasteiger partial charge in [-0.1, -0.05) is 0 Å². The van der Waals surface area contributed by atoms with Crippen LogP contribution in [0.3, 0.4) is 0 Å². The minimum atomic E-state index is -0.743. The van der Waals surface area contributed by atoms with E-state index < -0.39 is 27.2 Å². The molecule has 1 aromatic carbocycles. The van der Waals surface area contributed by atoms with Crippen molar-refractivity contribution in [2.75, 3.05) is 0 Å². The van der Waals surface area contributed by atoms with E-state index >= 15 is 0 Å². The first kappa shape index (κ1) is 16.0. The van der Waals surface area contributed by atoms with Gasteiger partial charge in [-0.3, -0.25) is 20.2 Å². The third-order valence-electron chi connectivity index (χ3n) is 5.94. The van der Waals surface area contributed by atoms with Crippen LogP contribution in [0.4, 0.5) is 11.4 Å². The zero-order valence-corrected chi connectivity index (χ0v) is 13.5. The highest BCUT2D eigenvalue weighted by Crippen LogP contribution is 2.54. The lowest BCUT2D eigenvalue weighted by Gasteiger charge is -2.53. The minimum Gasteiger partial charge on any atom is -0.458 e. The second-order valence-corrected chi connectivity index (χ2v) is 7.55. The van der Waals surface area contributed by atoms with Crippen molar-refractivity contribution in [3.05, 3.63) is 44.0 Å². The van der Waals surface area contributed by atoms with Crippen LogP contribution in [-0.2, 0) is 4.74 Å². The molecule has 0 aromatic heterocycles. The molecule has 4 fully saturated rings. The van der Waals surface area contributed by atoms with Gasteiger partial charge in [0.15, 0.2) is 0 Å². The highest BCUT2D eigenvalue weighted by atomic mass is 16.6. The number of carbonyl (C=O) groups excluding carboxylic acids is 1. The molecule has 0 N–H and O–H groups in total. The van der Waals surface area contributed by atoms with Crippen molar-refractivity contribution in [3.63, 3.8) is 0 Å². The summed E-state index contributed by atoms with van der Waals surface area (Å²) >= 11 is 0. The smallest absolute Gasteiger partial charge is 0.338 e. The van der Waals surface area contributed by atoms with E-state index in [2.05, 4.69) is 0 Å². The summed E-state index contributed by atoms with van der Waals surface area (Å²) in [5.41, 5.74) is -1.09. The van der Waals surface area contributed by atoms with Gasteiger partial charge in [0, 0.05) is 12.1 Å². The van der Waals surface area contributed by atoms with Crippen molar-refractivity contribution >= 4 is 17.3 Å². The molecule has 5 rings (SSSR count). The highest BCUT2D eigenvalue weighted by Gasteiger charge is 2.50. The first-order valence-electron chi connectivity index (χ1n) is 8.55. The standard InChI is InChI=1S/C17H18N2O6/c20-17(13-6-14(18(21)22)8-15(7-13)19(23)24)25-16-11-2-9-1-10(4-11)5-12(16)3-9/h6-12,16H,1-5H2. The molecule has 0 aliphatic heterocycles. The summed E-state index contributed by atoms with van der Waals surface area (Å²) in [5, 5.41) is 21.9. The molecule has 4 aliphatic rings. The van der Waals surface area contributed by atoms with E-state index in [1.165, 1.54) is 6.42 Å². The Morgan fingerprint density at radius 1 is 0.880 bits per heavy atom. The average Bonchev–Trinajstić information content (AvgIpc) is 2.56. The van der Waals surface area contributed by atoms with Gasteiger partial charge in [-0.05, 0) is 55.8 Å². The summed E-state index contributed by atoms with van der Waals surface area (Å²) in [4.78, 5) is 33.0. The van der Waals surface area contributed by atoms with Crippen LogP contribution in [0, 0.1) is 43.9 Å². The Morgan fingerprint density at radius 2 is 1.36 bits per heavy atom. The van der Waals surface area contributed by atoms with E-state index in [0.29, 0.717) is 11.8 Å². The van der Waals surface area contributed by atoms with Gasteiger partial charge in [-0.25, -0.2) is 4.79 Å². The quantitative estimate of drug-likeness (QED) is 0.468. The number of ether oxygens (including phenoxy) is 1. The molecule has 0 radical (unpaired) electrons. The molecule has 8 heteroatoms. The van der Waals surface area contributed by atoms with Crippen molar-refractivity contribution in [1.29, 1.82) is 0 Å². The number of nitro groups is 2. The third-order valence-corrected chi connectivity index (χ3v) is 5.94. The number of esters is 1. The molecule has 4 aliphatic carbocycles. The fraction of sp³-hybridized carbons (Fsp3) is 0.588. The van der Waals surface area contributed by atoms with E-state index in [0.717, 1.165) is 55.7 Å². The van der Waals surface area contributed by atoms with E-state index in [9.17, 15) is 25.0 Å². The molecule has 1 aromatic rings. The molecule has 0 spiro atoms. The number of hydrogen-bond donors (Lipinski definition) is 0. The molecular formula is C17H18N2O6. The maximum atomic E-state index is 12.5. The van der Waals surface area contributed by atoms with Crippen LogP contribution in [0.1, 0.15) is 42.5 Å². The number of non-ortho nitro benzene ring substituents is 2. The molecule has 4 bridgehead atoms. The molecule has 0 heterocycles. The second kappa shape index (κ2) is 5.79. The molecule has 0 saturated heterocycles. The zero-order chi connectivity index (χ0) is 17.7. The number of nitro benzene ring substituents is 2. The van der Waals surface area contributed by atoms with Crippen molar-refractivity contribution < 1.29 is 19.4 Å². The monoisotopic (exact) mass is 346 g/mol. The lowest BCUT2D eigenvalue weighted by Crippen LogP contribution is -2.50. The van der Waals surface area contributed by atoms with Gasteiger partial charge in [0.05, 0.1) is 21.5 Å². The van der Waals surface area contributed by atoms with Crippen LogP contribution >= 0.6 is 0 Å². The Balaban J connectivity index is 1.57. The van der Waals surface area contributed by atoms with Crippen molar-refractivity contribution in [2.45, 2.75) is 38.2 Å². The Hall–Kier alpha value is -2.51. The predicted molar refractivity (Wildman–Crippen MR) is 86.0 cm³/mol. The summed E-state index contributed by atoms with van der Waals surface area (Å²) in [6, 6.07) is 2.94. The van der Waals surface area contributed by atoms with Gasteiger partial charge >= 0.3 is 5.97 Å². The fourth-order valence-electron chi connectivity index (χ4n) is 5.18. The average molecular weight is 346 g/mol. The van der Waals surface area contributed by atoms with E-state index in [1.807, 2.05) is 0 Å². The fourth-order valence-corrected chi connectivity index (χ4v) is 5.18. The zero-order valence-electron chi connectivity index (χ0n) is 13.5. The van der Waals surface area contributed by atoms with Crippen LogP contribution < -0.4 is 0 Å². The summed E-state index contributed by atoms with van der Waals surface area (Å²) in [7, 11) is 0. The Kier molecular flexibility index (Phi) is 3.70. The first-order valence-corrected chi connectivity index (χ1v) is 8.55. The van der Waals surface area contributed by atoms with Crippen LogP contribution in [0.25, 0.3) is 0 Å². The lowest BCUT2D eigenvalue weighted by atomic mass is 9.55. The largest absolute Gasteiger partial charge is 0.458 e. The van der Waals surface area contributed by atoms with E-state index in [4.69, 9.17) is 4.74 Å². The number of benzene rings is 1. The maximum absolute atomic E-state index is 12.5. The third kappa shape index (κ3) is 2.85. The van der Waals surface area contributed by atoms with Gasteiger partial charge in [0.25, 0.3) is 11.4 Å². The number of nitrogens with zero attached hydrogens (tertiary/aromatic N) is 2. The van der Waals surface area contributed by atoms with Gasteiger partial charge in [0.2, 0.25) is 0 Å². The summed E-state index contributed by atoms with van der Waals surface area (Å²) in [6.45, 7) is 0. The molecule has 0 amide bonds. The van der Waals surface area contributed by atoms with Gasteiger partial charge < -0.3 is 4.74 Å². The lowest BCUT2D eigenvalue weighted by molar-refractivity contribution is -0.394. The molecule has 4 saturated carbocycles. The molecule has 25 heavy (non-hydrogen) atoms. The van der Waals surface area contributed by atoms with E-state index in [1.54, 1.807) is 0 Å². The summed E-state index contributed by atoms with van der Waals surface area (Å²) < 4.78 is 5.70. The van der Waals surface area contributed by atoms with Crippen LogP contribution in [0.2, 0.25) is 0 Å². The van der Waals surface area contributed by atoms with Gasteiger partial charge in [0.1, 0.15) is 6.10 Å². The maximum Gasteiger partial charge on any atom is 0.338 e. The van der Waals surface area contributed by atoms with Gasteiger partial charge in [-0.2, -0.15) is 0 Å². The molecule has 0 unspecified atom stereocenters. The normalized spacial score (nSPS) is 32.4. The van der Waals surface area contributed by atoms with Gasteiger partial charge in [-0.15, -0.1) is 0 Å². The van der Waals surface area contributed by atoms with Crippen LogP contribution in [0.5, 0.6) is 0 Å². The SMILES string of the molecule is O=C(OC1C2CC3CC(C2)CC1C3)c1cc([N+](=O)[O-])cc([N+](=O)[O-])c1. The second-order valence-electron chi connectivity index (χ2n) is 7.55. The summed E-state index contributed by atoms with van der Waals surface area (Å²) in [6.07, 6.45) is 5.39. The molecular weight excluding hydrogens is 328 g/mol. The summed E-state index contributed by atoms with van der Waals surface area (Å²) in [5.74, 6) is 1.47. The Labute approximate surface area is 143 Å². The van der Waals surface area contributed by atoms with Crippen molar-refractivity contribution in [2.24, 2.45) is 23.7 Å². The predicted octanol–water partition coefficient (Wildman–Crippen LogP) is 3.48. The first-order chi connectivity index (χ1) is 11.9. The molecule has 132 valence electrons. The molecule has 0 atom stereocenters. The number of rotatable bonds is 4. The topological polar surface area (TPSA) is 113 Å².